The first-order chi connectivity index (χ1) is 10.5. The molecule has 1 aliphatic heterocycles. The molecule has 1 atom stereocenters. The van der Waals surface area contributed by atoms with E-state index >= 15 is 0 Å². The number of hydrogen-bond acceptors (Lipinski definition) is 4. The first-order valence-electron chi connectivity index (χ1n) is 7.08. The highest BCUT2D eigenvalue weighted by Crippen LogP contribution is 2.19. The fourth-order valence-electron chi connectivity index (χ4n) is 2.54. The maximum atomic E-state index is 12.6. The highest BCUT2D eigenvalue weighted by molar-refractivity contribution is 5.95. The van der Waals surface area contributed by atoms with Crippen LogP contribution in [0.1, 0.15) is 17.4 Å². The van der Waals surface area contributed by atoms with E-state index in [0.717, 1.165) is 10.9 Å². The topological polar surface area (TPSA) is 85.5 Å². The van der Waals surface area contributed by atoms with Gasteiger partial charge in [-0.3, -0.25) is 9.59 Å². The molecule has 2 amide bonds. The van der Waals surface area contributed by atoms with Crippen LogP contribution in [0, 0.1) is 0 Å². The Morgan fingerprint density at radius 3 is 2.82 bits per heavy atom. The molecule has 114 valence electrons. The van der Waals surface area contributed by atoms with Crippen LogP contribution >= 0.6 is 0 Å². The molecule has 1 fully saturated rings. The molecular weight excluding hydrogens is 282 g/mol. The molecule has 0 unspecified atom stereocenters. The van der Waals surface area contributed by atoms with Gasteiger partial charge in [-0.2, -0.15) is 0 Å². The molecule has 0 saturated carbocycles. The number of nitrogens with zero attached hydrogens (tertiary/aromatic N) is 2. The van der Waals surface area contributed by atoms with Crippen LogP contribution in [-0.2, 0) is 9.53 Å². The van der Waals surface area contributed by atoms with Gasteiger partial charge in [0, 0.05) is 11.9 Å². The summed E-state index contributed by atoms with van der Waals surface area (Å²) in [7, 11) is 0. The fourth-order valence-corrected chi connectivity index (χ4v) is 2.54. The zero-order valence-electron chi connectivity index (χ0n) is 12.3. The van der Waals surface area contributed by atoms with Crippen molar-refractivity contribution in [2.75, 3.05) is 19.7 Å². The highest BCUT2D eigenvalue weighted by Gasteiger charge is 2.39. The zero-order chi connectivity index (χ0) is 15.7. The van der Waals surface area contributed by atoms with Crippen LogP contribution in [0.5, 0.6) is 0 Å². The highest BCUT2D eigenvalue weighted by atomic mass is 16.5. The Kier molecular flexibility index (Phi) is 3.54. The van der Waals surface area contributed by atoms with E-state index in [1.165, 1.54) is 0 Å². The first kappa shape index (κ1) is 14.5. The number of carbonyl (C=O) groups is 2. The molecule has 22 heavy (non-hydrogen) atoms. The number of benzene rings is 1. The standard InChI is InChI=1S/C16H17N3O3/c1-16(15(17)21)10-19(8-9-22-16)14(20)13-7-6-11-4-2-3-5-12(11)18-13/h2-7H,8-10H2,1H3,(H2,17,21)/t16-/m1/s1. The number of morpholine rings is 1. The number of hydrogen-bond donors (Lipinski definition) is 1. The van der Waals surface area contributed by atoms with Crippen molar-refractivity contribution in [1.29, 1.82) is 0 Å². The van der Waals surface area contributed by atoms with Gasteiger partial charge in [-0.05, 0) is 19.1 Å². The number of aromatic nitrogens is 1. The van der Waals surface area contributed by atoms with Gasteiger partial charge in [0.1, 0.15) is 5.69 Å². The number of fused-ring (bicyclic) bond motifs is 1. The van der Waals surface area contributed by atoms with Crippen molar-refractivity contribution in [1.82, 2.24) is 9.88 Å². The second kappa shape index (κ2) is 5.38. The summed E-state index contributed by atoms with van der Waals surface area (Å²) >= 11 is 0. The molecule has 1 aliphatic rings. The molecule has 1 saturated heterocycles. The fraction of sp³-hybridized carbons (Fsp3) is 0.312. The number of rotatable bonds is 2. The predicted molar refractivity (Wildman–Crippen MR) is 81.2 cm³/mol. The Labute approximate surface area is 127 Å². The van der Waals surface area contributed by atoms with Crippen molar-refractivity contribution in [3.63, 3.8) is 0 Å². The second-order valence-electron chi connectivity index (χ2n) is 5.56. The van der Waals surface area contributed by atoms with E-state index in [4.69, 9.17) is 10.5 Å². The quantitative estimate of drug-likeness (QED) is 0.894. The van der Waals surface area contributed by atoms with Crippen LogP contribution in [-0.4, -0.2) is 47.0 Å². The summed E-state index contributed by atoms with van der Waals surface area (Å²) in [5.74, 6) is -0.794. The van der Waals surface area contributed by atoms with E-state index in [-0.39, 0.29) is 19.1 Å². The monoisotopic (exact) mass is 299 g/mol. The summed E-state index contributed by atoms with van der Waals surface area (Å²) in [6, 6.07) is 11.2. The molecular formula is C16H17N3O3. The van der Waals surface area contributed by atoms with Gasteiger partial charge in [-0.1, -0.05) is 24.3 Å². The summed E-state index contributed by atoms with van der Waals surface area (Å²) in [6.45, 7) is 2.42. The van der Waals surface area contributed by atoms with Gasteiger partial charge in [0.25, 0.3) is 11.8 Å². The van der Waals surface area contributed by atoms with Gasteiger partial charge in [0.05, 0.1) is 18.7 Å². The minimum Gasteiger partial charge on any atom is -0.367 e. The predicted octanol–water partition coefficient (Wildman–Crippen LogP) is 0.951. The Morgan fingerprint density at radius 2 is 2.05 bits per heavy atom. The van der Waals surface area contributed by atoms with E-state index in [9.17, 15) is 9.59 Å². The van der Waals surface area contributed by atoms with Gasteiger partial charge in [-0.15, -0.1) is 0 Å². The van der Waals surface area contributed by atoms with Crippen LogP contribution < -0.4 is 5.73 Å². The molecule has 1 aromatic carbocycles. The average molecular weight is 299 g/mol. The maximum absolute atomic E-state index is 12.6. The number of amides is 2. The number of pyridine rings is 1. The smallest absolute Gasteiger partial charge is 0.272 e. The molecule has 0 bridgehead atoms. The maximum Gasteiger partial charge on any atom is 0.272 e. The molecule has 2 heterocycles. The van der Waals surface area contributed by atoms with Crippen LogP contribution in [0.15, 0.2) is 36.4 Å². The van der Waals surface area contributed by atoms with Crippen LogP contribution in [0.2, 0.25) is 0 Å². The van der Waals surface area contributed by atoms with Gasteiger partial charge < -0.3 is 15.4 Å². The summed E-state index contributed by atoms with van der Waals surface area (Å²) in [4.78, 5) is 30.1. The third-order valence-corrected chi connectivity index (χ3v) is 3.90. The van der Waals surface area contributed by atoms with Gasteiger partial charge in [0.15, 0.2) is 5.60 Å². The number of para-hydroxylation sites is 1. The first-order valence-corrected chi connectivity index (χ1v) is 7.08. The largest absolute Gasteiger partial charge is 0.367 e. The van der Waals surface area contributed by atoms with Crippen molar-refractivity contribution >= 4 is 22.7 Å². The normalized spacial score (nSPS) is 21.8. The lowest BCUT2D eigenvalue weighted by Crippen LogP contribution is -2.58. The Bertz CT molecular complexity index is 746. The Balaban J connectivity index is 1.87. The Hall–Kier alpha value is -2.47. The minimum absolute atomic E-state index is 0.135. The van der Waals surface area contributed by atoms with Crippen molar-refractivity contribution in [3.05, 3.63) is 42.1 Å². The van der Waals surface area contributed by atoms with Crippen LogP contribution in [0.4, 0.5) is 0 Å². The van der Waals surface area contributed by atoms with Crippen molar-refractivity contribution in [2.45, 2.75) is 12.5 Å². The number of primary amides is 1. The summed E-state index contributed by atoms with van der Waals surface area (Å²) < 4.78 is 5.42. The number of ether oxygens (including phenoxy) is 1. The lowest BCUT2D eigenvalue weighted by Gasteiger charge is -2.38. The zero-order valence-corrected chi connectivity index (χ0v) is 12.3. The SMILES string of the molecule is C[C@]1(C(N)=O)CN(C(=O)c2ccc3ccccc3n2)CCO1. The van der Waals surface area contributed by atoms with E-state index < -0.39 is 11.5 Å². The molecule has 2 N–H and O–H groups in total. The third kappa shape index (κ3) is 2.53. The van der Waals surface area contributed by atoms with Gasteiger partial charge in [0.2, 0.25) is 0 Å². The number of nitrogens with two attached hydrogens (primary N) is 1. The van der Waals surface area contributed by atoms with E-state index in [1.807, 2.05) is 30.3 Å². The molecule has 0 radical (unpaired) electrons. The Morgan fingerprint density at radius 1 is 1.27 bits per heavy atom. The van der Waals surface area contributed by atoms with E-state index in [2.05, 4.69) is 4.98 Å². The molecule has 0 aliphatic carbocycles. The third-order valence-electron chi connectivity index (χ3n) is 3.90. The summed E-state index contributed by atoms with van der Waals surface area (Å²) in [5, 5.41) is 0.975. The average Bonchev–Trinajstić information content (AvgIpc) is 2.53. The van der Waals surface area contributed by atoms with Gasteiger partial charge >= 0.3 is 0 Å². The number of carbonyl (C=O) groups excluding carboxylic acids is 2. The van der Waals surface area contributed by atoms with Crippen molar-refractivity contribution in [3.8, 4) is 0 Å². The molecule has 0 spiro atoms. The van der Waals surface area contributed by atoms with E-state index in [1.54, 1.807) is 17.9 Å². The molecule has 2 aromatic rings. The lowest BCUT2D eigenvalue weighted by atomic mass is 10.0. The van der Waals surface area contributed by atoms with Crippen LogP contribution in [0.3, 0.4) is 0 Å². The minimum atomic E-state index is -1.15. The molecule has 6 nitrogen and oxygen atoms in total. The second-order valence-corrected chi connectivity index (χ2v) is 5.56. The van der Waals surface area contributed by atoms with Gasteiger partial charge in [-0.25, -0.2) is 4.98 Å². The summed E-state index contributed by atoms with van der Waals surface area (Å²) in [5.41, 5.74) is 5.33. The summed E-state index contributed by atoms with van der Waals surface area (Å²) in [6.07, 6.45) is 0. The molecule has 3 rings (SSSR count). The molecule has 1 aromatic heterocycles. The van der Waals surface area contributed by atoms with Crippen LogP contribution in [0.25, 0.3) is 10.9 Å². The van der Waals surface area contributed by atoms with Crippen molar-refractivity contribution < 1.29 is 14.3 Å². The van der Waals surface area contributed by atoms with E-state index in [0.29, 0.717) is 12.2 Å². The lowest BCUT2D eigenvalue weighted by molar-refractivity contribution is -0.150. The molecule has 6 heteroatoms. The van der Waals surface area contributed by atoms with Crippen molar-refractivity contribution in [2.24, 2.45) is 5.73 Å².